The van der Waals surface area contributed by atoms with Crippen molar-refractivity contribution < 1.29 is 9.84 Å². The van der Waals surface area contributed by atoms with Gasteiger partial charge in [0.1, 0.15) is 0 Å². The molecule has 0 radical (unpaired) electrons. The molecule has 3 heterocycles. The van der Waals surface area contributed by atoms with E-state index in [2.05, 4.69) is 69.5 Å². The molecular formula is C25H36N6O2. The average Bonchev–Trinajstić information content (AvgIpc) is 3.18. The number of rotatable bonds is 5. The predicted octanol–water partition coefficient (Wildman–Crippen LogP) is 1.85. The zero-order chi connectivity index (χ0) is 22.9. The van der Waals surface area contributed by atoms with Gasteiger partial charge >= 0.3 is 0 Å². The number of nitrogens with zero attached hydrogens (tertiary/aromatic N) is 5. The normalized spacial score (nSPS) is 30.4. The number of benzene rings is 1. The van der Waals surface area contributed by atoms with Crippen LogP contribution in [0, 0.1) is 0 Å². The van der Waals surface area contributed by atoms with Crippen LogP contribution in [-0.2, 0) is 11.2 Å². The van der Waals surface area contributed by atoms with Crippen molar-refractivity contribution in [2.45, 2.75) is 49.5 Å². The van der Waals surface area contributed by atoms with Gasteiger partial charge in [-0.05, 0) is 51.8 Å². The molecule has 1 aromatic heterocycles. The zero-order valence-corrected chi connectivity index (χ0v) is 19.8. The van der Waals surface area contributed by atoms with E-state index < -0.39 is 6.35 Å². The van der Waals surface area contributed by atoms with Gasteiger partial charge in [-0.15, -0.1) is 0 Å². The summed E-state index contributed by atoms with van der Waals surface area (Å²) in [7, 11) is 4.41. The first-order valence-electron chi connectivity index (χ1n) is 12.1. The summed E-state index contributed by atoms with van der Waals surface area (Å²) < 4.78 is 5.42. The Morgan fingerprint density at radius 3 is 2.36 bits per heavy atom. The Balaban J connectivity index is 1.26. The van der Waals surface area contributed by atoms with Gasteiger partial charge in [-0.25, -0.2) is 9.97 Å². The highest BCUT2D eigenvalue weighted by Gasteiger charge is 2.49. The molecule has 1 spiro atoms. The molecule has 1 atom stereocenters. The largest absolute Gasteiger partial charge is 0.378 e. The van der Waals surface area contributed by atoms with Gasteiger partial charge in [-0.3, -0.25) is 5.32 Å². The molecule has 8 heteroatoms. The molecule has 33 heavy (non-hydrogen) atoms. The lowest BCUT2D eigenvalue weighted by atomic mass is 9.69. The first-order valence-corrected chi connectivity index (χ1v) is 12.1. The predicted molar refractivity (Wildman–Crippen MR) is 129 cm³/mol. The van der Waals surface area contributed by atoms with Gasteiger partial charge in [0, 0.05) is 30.7 Å². The number of likely N-dealkylation sites (N-methyl/N-ethyl adjacent to an activating group) is 1. The van der Waals surface area contributed by atoms with Crippen molar-refractivity contribution in [3.05, 3.63) is 48.3 Å². The fraction of sp³-hybridized carbons (Fsp3) is 0.600. The van der Waals surface area contributed by atoms with Gasteiger partial charge < -0.3 is 24.5 Å². The zero-order valence-electron chi connectivity index (χ0n) is 19.8. The molecule has 0 bridgehead atoms. The third-order valence-electron chi connectivity index (χ3n) is 7.92. The first-order chi connectivity index (χ1) is 16.0. The van der Waals surface area contributed by atoms with Crippen molar-refractivity contribution in [1.82, 2.24) is 20.2 Å². The number of nitrogens with one attached hydrogen (secondary N) is 1. The summed E-state index contributed by atoms with van der Waals surface area (Å²) in [5.41, 5.74) is 2.31. The van der Waals surface area contributed by atoms with Crippen LogP contribution in [0.1, 0.15) is 31.2 Å². The molecule has 178 valence electrons. The molecule has 3 fully saturated rings. The molecule has 0 amide bonds. The minimum Gasteiger partial charge on any atom is -0.378 e. The average molecular weight is 453 g/mol. The smallest absolute Gasteiger partial charge is 0.225 e. The van der Waals surface area contributed by atoms with Crippen LogP contribution in [0.3, 0.4) is 0 Å². The monoisotopic (exact) mass is 452 g/mol. The third kappa shape index (κ3) is 4.57. The van der Waals surface area contributed by atoms with Gasteiger partial charge in [-0.2, -0.15) is 0 Å². The van der Waals surface area contributed by atoms with Gasteiger partial charge in [0.25, 0.3) is 0 Å². The molecular weight excluding hydrogens is 416 g/mol. The lowest BCUT2D eigenvalue weighted by molar-refractivity contribution is 0.0535. The van der Waals surface area contributed by atoms with Crippen molar-refractivity contribution >= 4 is 11.6 Å². The first kappa shape index (κ1) is 22.5. The fourth-order valence-corrected chi connectivity index (χ4v) is 5.69. The van der Waals surface area contributed by atoms with Gasteiger partial charge in [0.05, 0.1) is 31.3 Å². The maximum Gasteiger partial charge on any atom is 0.225 e. The van der Waals surface area contributed by atoms with Crippen LogP contribution in [0.4, 0.5) is 11.6 Å². The van der Waals surface area contributed by atoms with Crippen molar-refractivity contribution in [3.8, 4) is 0 Å². The molecule has 2 aromatic rings. The summed E-state index contributed by atoms with van der Waals surface area (Å²) in [5, 5.41) is 14.4. The van der Waals surface area contributed by atoms with E-state index in [1.165, 1.54) is 5.56 Å². The van der Waals surface area contributed by atoms with E-state index in [0.29, 0.717) is 13.2 Å². The number of aliphatic hydroxyl groups excluding tert-OH is 1. The van der Waals surface area contributed by atoms with Gasteiger partial charge in [0.2, 0.25) is 5.95 Å². The van der Waals surface area contributed by atoms with Crippen LogP contribution in [-0.4, -0.2) is 84.3 Å². The van der Waals surface area contributed by atoms with E-state index in [-0.39, 0.29) is 11.1 Å². The molecule has 3 aliphatic rings. The summed E-state index contributed by atoms with van der Waals surface area (Å²) >= 11 is 0. The standard InChI is InChI=1S/C25H36N6O2/c1-29(2)25(16-20-6-4-3-5-7-20)10-8-24(9-11-25)19-31(23(32)28-24)21-17-26-22(27-18-21)30-12-14-33-15-13-30/h3-7,17-18,23,28,32H,8-16,19H2,1-2H3. The summed E-state index contributed by atoms with van der Waals surface area (Å²) in [5.74, 6) is 0.729. The van der Waals surface area contributed by atoms with Crippen molar-refractivity contribution in [3.63, 3.8) is 0 Å². The fourth-order valence-electron chi connectivity index (χ4n) is 5.69. The van der Waals surface area contributed by atoms with Crippen molar-refractivity contribution in [2.24, 2.45) is 0 Å². The lowest BCUT2D eigenvalue weighted by Crippen LogP contribution is -2.56. The van der Waals surface area contributed by atoms with Gasteiger partial charge in [0.15, 0.2) is 6.35 Å². The molecule has 8 nitrogen and oxygen atoms in total. The molecule has 2 saturated heterocycles. The topological polar surface area (TPSA) is 77.0 Å². The van der Waals surface area contributed by atoms with Crippen LogP contribution >= 0.6 is 0 Å². The third-order valence-corrected chi connectivity index (χ3v) is 7.92. The summed E-state index contributed by atoms with van der Waals surface area (Å²) in [6.07, 6.45) is 8.25. The van der Waals surface area contributed by atoms with E-state index in [9.17, 15) is 5.11 Å². The minimum atomic E-state index is -0.719. The Labute approximate surface area is 196 Å². The van der Waals surface area contributed by atoms with E-state index in [1.54, 1.807) is 0 Å². The maximum absolute atomic E-state index is 10.9. The molecule has 1 aliphatic carbocycles. The van der Waals surface area contributed by atoms with Crippen LogP contribution < -0.4 is 15.1 Å². The van der Waals surface area contributed by atoms with E-state index >= 15 is 0 Å². The molecule has 2 N–H and O–H groups in total. The Morgan fingerprint density at radius 2 is 1.73 bits per heavy atom. The number of aliphatic hydroxyl groups is 1. The second-order valence-corrected chi connectivity index (χ2v) is 10.0. The second kappa shape index (κ2) is 9.18. The number of morpholine rings is 1. The molecule has 5 rings (SSSR count). The number of hydrogen-bond donors (Lipinski definition) is 2. The van der Waals surface area contributed by atoms with Crippen LogP contribution in [0.5, 0.6) is 0 Å². The Bertz CT molecular complexity index is 908. The van der Waals surface area contributed by atoms with E-state index in [4.69, 9.17) is 4.74 Å². The molecule has 1 unspecified atom stereocenters. The van der Waals surface area contributed by atoms with Crippen molar-refractivity contribution in [1.29, 1.82) is 0 Å². The van der Waals surface area contributed by atoms with Crippen LogP contribution in [0.2, 0.25) is 0 Å². The molecule has 2 aliphatic heterocycles. The summed E-state index contributed by atoms with van der Waals surface area (Å²) in [4.78, 5) is 15.7. The van der Waals surface area contributed by atoms with Gasteiger partial charge in [-0.1, -0.05) is 30.3 Å². The highest BCUT2D eigenvalue weighted by Crippen LogP contribution is 2.43. The number of anilines is 2. The Morgan fingerprint density at radius 1 is 1.06 bits per heavy atom. The SMILES string of the molecule is CN(C)C1(Cc2ccccc2)CCC2(CC1)CN(c1cnc(N3CCOCC3)nc1)C(O)N2. The van der Waals surface area contributed by atoms with Crippen LogP contribution in [0.15, 0.2) is 42.7 Å². The lowest BCUT2D eigenvalue weighted by Gasteiger charge is -2.48. The van der Waals surface area contributed by atoms with Crippen molar-refractivity contribution in [2.75, 3.05) is 56.7 Å². The number of hydrogen-bond acceptors (Lipinski definition) is 8. The highest BCUT2D eigenvalue weighted by atomic mass is 16.5. The summed E-state index contributed by atoms with van der Waals surface area (Å²) in [6.45, 7) is 3.81. The van der Waals surface area contributed by atoms with E-state index in [0.717, 1.165) is 63.4 Å². The second-order valence-electron chi connectivity index (χ2n) is 10.0. The Hall–Kier alpha value is -2.26. The molecule has 1 saturated carbocycles. The highest BCUT2D eigenvalue weighted by molar-refractivity contribution is 5.48. The van der Waals surface area contributed by atoms with Crippen LogP contribution in [0.25, 0.3) is 0 Å². The number of aromatic nitrogens is 2. The van der Waals surface area contributed by atoms with E-state index in [1.807, 2.05) is 17.3 Å². The number of ether oxygens (including phenoxy) is 1. The molecule has 1 aromatic carbocycles. The minimum absolute atomic E-state index is 0.0848. The quantitative estimate of drug-likeness (QED) is 0.712. The summed E-state index contributed by atoms with van der Waals surface area (Å²) in [6, 6.07) is 10.8. The maximum atomic E-state index is 10.9. The Kier molecular flexibility index (Phi) is 6.26.